The number of carbonyl (C=O) groups is 1. The van der Waals surface area contributed by atoms with Gasteiger partial charge in [-0.15, -0.1) is 0 Å². The Morgan fingerprint density at radius 2 is 1.97 bits per heavy atom. The number of hydrogen-bond donors (Lipinski definition) is 2. The molecule has 2 aliphatic rings. The summed E-state index contributed by atoms with van der Waals surface area (Å²) in [6.07, 6.45) is 13.3. The van der Waals surface area contributed by atoms with Gasteiger partial charge in [-0.1, -0.05) is 44.2 Å². The molecule has 1 heterocycles. The van der Waals surface area contributed by atoms with Crippen molar-refractivity contribution in [3.05, 3.63) is 53.2 Å². The number of aromatic nitrogens is 1. The number of rotatable bonds is 8. The molecule has 3 N–H and O–H groups in total. The predicted molar refractivity (Wildman–Crippen MR) is 119 cm³/mol. The number of amides is 1. The third-order valence-corrected chi connectivity index (χ3v) is 6.67. The normalized spacial score (nSPS) is 19.3. The van der Waals surface area contributed by atoms with E-state index >= 15 is 0 Å². The molecule has 1 amide bonds. The van der Waals surface area contributed by atoms with E-state index in [0.717, 1.165) is 31.2 Å². The van der Waals surface area contributed by atoms with Crippen molar-refractivity contribution in [2.24, 2.45) is 11.7 Å². The Morgan fingerprint density at radius 1 is 1.10 bits per heavy atom. The molecule has 0 saturated heterocycles. The first kappa shape index (κ1) is 20.9. The first-order valence-corrected chi connectivity index (χ1v) is 11.5. The second-order valence-corrected chi connectivity index (χ2v) is 8.76. The highest BCUT2D eigenvalue weighted by Gasteiger charge is 2.23. The fraction of sp³-hybridized carbons (Fsp3) is 0.520. The van der Waals surface area contributed by atoms with Gasteiger partial charge < -0.3 is 15.8 Å². The van der Waals surface area contributed by atoms with Crippen LogP contribution in [0.2, 0.25) is 0 Å². The first-order chi connectivity index (χ1) is 14.7. The molecule has 0 radical (unpaired) electrons. The average molecular weight is 408 g/mol. The minimum absolute atomic E-state index is 0.386. The van der Waals surface area contributed by atoms with Gasteiger partial charge in [0.05, 0.1) is 5.56 Å². The topological polar surface area (TPSA) is 77.2 Å². The minimum Gasteiger partial charge on any atom is -0.439 e. The number of ether oxygens (including phenoxy) is 1. The number of nitrogens with one attached hydrogen (secondary N) is 1. The Kier molecular flexibility index (Phi) is 7.00. The van der Waals surface area contributed by atoms with Gasteiger partial charge in [0.25, 0.3) is 0 Å². The molecule has 1 aromatic carbocycles. The van der Waals surface area contributed by atoms with E-state index in [0.29, 0.717) is 17.4 Å². The van der Waals surface area contributed by atoms with Gasteiger partial charge in [-0.05, 0) is 67.3 Å². The quantitative estimate of drug-likeness (QED) is 0.607. The van der Waals surface area contributed by atoms with Crippen molar-refractivity contribution in [3.63, 3.8) is 0 Å². The smallest absolute Gasteiger partial charge is 0.250 e. The summed E-state index contributed by atoms with van der Waals surface area (Å²) < 4.78 is 6.08. The summed E-state index contributed by atoms with van der Waals surface area (Å²) >= 11 is 0. The predicted octanol–water partition coefficient (Wildman–Crippen LogP) is 4.95. The second kappa shape index (κ2) is 10.1. The van der Waals surface area contributed by atoms with E-state index in [2.05, 4.69) is 22.4 Å². The molecule has 0 aliphatic heterocycles. The molecule has 1 unspecified atom stereocenters. The van der Waals surface area contributed by atoms with Gasteiger partial charge in [0.1, 0.15) is 5.75 Å². The Hall–Kier alpha value is -2.40. The zero-order chi connectivity index (χ0) is 20.8. The van der Waals surface area contributed by atoms with Crippen molar-refractivity contribution < 1.29 is 9.53 Å². The molecule has 5 heteroatoms. The molecule has 30 heavy (non-hydrogen) atoms. The molecule has 2 aromatic rings. The van der Waals surface area contributed by atoms with Crippen molar-refractivity contribution in [1.29, 1.82) is 0 Å². The number of carbonyl (C=O) groups excluding carboxylic acids is 1. The number of nitrogens with two attached hydrogens (primary N) is 1. The highest BCUT2D eigenvalue weighted by molar-refractivity contribution is 5.92. The lowest BCUT2D eigenvalue weighted by molar-refractivity contribution is 0.1000. The molecule has 1 saturated carbocycles. The van der Waals surface area contributed by atoms with E-state index < -0.39 is 5.91 Å². The zero-order valence-electron chi connectivity index (χ0n) is 17.7. The van der Waals surface area contributed by atoms with Gasteiger partial charge in [-0.2, -0.15) is 0 Å². The molecule has 4 rings (SSSR count). The zero-order valence-corrected chi connectivity index (χ0v) is 17.7. The van der Waals surface area contributed by atoms with E-state index in [4.69, 9.17) is 10.5 Å². The fourth-order valence-corrected chi connectivity index (χ4v) is 4.98. The molecule has 1 aromatic heterocycles. The largest absolute Gasteiger partial charge is 0.439 e. The summed E-state index contributed by atoms with van der Waals surface area (Å²) in [5, 5.41) is 3.73. The van der Waals surface area contributed by atoms with Crippen LogP contribution in [-0.2, 0) is 6.42 Å². The summed E-state index contributed by atoms with van der Waals surface area (Å²) in [4.78, 5) is 15.5. The summed E-state index contributed by atoms with van der Waals surface area (Å²) in [6, 6.07) is 9.69. The van der Waals surface area contributed by atoms with E-state index in [1.807, 2.05) is 6.07 Å². The molecule has 1 fully saturated rings. The molecule has 160 valence electrons. The monoisotopic (exact) mass is 407 g/mol. The first-order valence-electron chi connectivity index (χ1n) is 11.5. The van der Waals surface area contributed by atoms with Crippen molar-refractivity contribution in [3.8, 4) is 11.6 Å². The summed E-state index contributed by atoms with van der Waals surface area (Å²) in [6.45, 7) is 2.16. The van der Waals surface area contributed by atoms with Crippen molar-refractivity contribution in [1.82, 2.24) is 10.3 Å². The van der Waals surface area contributed by atoms with Crippen LogP contribution in [0.25, 0.3) is 0 Å². The maximum absolute atomic E-state index is 11.2. The van der Waals surface area contributed by atoms with Crippen molar-refractivity contribution >= 4 is 5.91 Å². The Labute approximate surface area is 179 Å². The Morgan fingerprint density at radius 3 is 2.73 bits per heavy atom. The number of fused-ring (bicyclic) bond motifs is 1. The molecular weight excluding hydrogens is 374 g/mol. The van der Waals surface area contributed by atoms with Gasteiger partial charge in [0.2, 0.25) is 11.8 Å². The number of hydrogen-bond acceptors (Lipinski definition) is 4. The standard InChI is InChI=1S/C25H33N3O2/c26-25(29)20-12-13-24(28-17-20)30-23-11-5-9-21-19(8-4-10-22(21)23)16-27-15-14-18-6-2-1-3-7-18/h5,9,11-13,17-19,27H,1-4,6-8,10,14-16H2,(H2,26,29). The maximum atomic E-state index is 11.2. The number of primary amides is 1. The van der Waals surface area contributed by atoms with Crippen LogP contribution in [-0.4, -0.2) is 24.0 Å². The van der Waals surface area contributed by atoms with Gasteiger partial charge >= 0.3 is 0 Å². The van der Waals surface area contributed by atoms with Crippen LogP contribution in [0.1, 0.15) is 78.8 Å². The van der Waals surface area contributed by atoms with Crippen LogP contribution in [0.15, 0.2) is 36.5 Å². The lowest BCUT2D eigenvalue weighted by atomic mass is 9.82. The molecular formula is C25H33N3O2. The van der Waals surface area contributed by atoms with Crippen LogP contribution < -0.4 is 15.8 Å². The van der Waals surface area contributed by atoms with E-state index in [1.165, 1.54) is 68.7 Å². The van der Waals surface area contributed by atoms with Crippen LogP contribution in [0.3, 0.4) is 0 Å². The summed E-state index contributed by atoms with van der Waals surface area (Å²) in [7, 11) is 0. The Balaban J connectivity index is 1.37. The highest BCUT2D eigenvalue weighted by atomic mass is 16.5. The minimum atomic E-state index is -0.482. The van der Waals surface area contributed by atoms with Gasteiger partial charge in [0.15, 0.2) is 0 Å². The maximum Gasteiger partial charge on any atom is 0.250 e. The lowest BCUT2D eigenvalue weighted by Gasteiger charge is -2.28. The van der Waals surface area contributed by atoms with Crippen LogP contribution in [0.5, 0.6) is 11.6 Å². The van der Waals surface area contributed by atoms with Crippen LogP contribution in [0.4, 0.5) is 0 Å². The van der Waals surface area contributed by atoms with Gasteiger partial charge in [0, 0.05) is 18.8 Å². The van der Waals surface area contributed by atoms with Crippen molar-refractivity contribution in [2.75, 3.05) is 13.1 Å². The molecule has 0 bridgehead atoms. The number of benzene rings is 1. The highest BCUT2D eigenvalue weighted by Crippen LogP contribution is 2.37. The summed E-state index contributed by atoms with van der Waals surface area (Å²) in [5.41, 5.74) is 8.37. The van der Waals surface area contributed by atoms with Crippen LogP contribution in [0, 0.1) is 5.92 Å². The average Bonchev–Trinajstić information content (AvgIpc) is 2.78. The Bertz CT molecular complexity index is 844. The summed E-state index contributed by atoms with van der Waals surface area (Å²) in [5.74, 6) is 2.34. The molecule has 5 nitrogen and oxygen atoms in total. The van der Waals surface area contributed by atoms with Gasteiger partial charge in [-0.3, -0.25) is 4.79 Å². The third kappa shape index (κ3) is 5.20. The molecule has 1 atom stereocenters. The lowest BCUT2D eigenvalue weighted by Crippen LogP contribution is -2.26. The SMILES string of the molecule is NC(=O)c1ccc(Oc2cccc3c2CCCC3CNCCC2CCCCC2)nc1. The third-order valence-electron chi connectivity index (χ3n) is 6.67. The van der Waals surface area contributed by atoms with E-state index in [1.54, 1.807) is 12.1 Å². The second-order valence-electron chi connectivity index (χ2n) is 8.76. The van der Waals surface area contributed by atoms with E-state index in [-0.39, 0.29) is 0 Å². The molecule has 2 aliphatic carbocycles. The van der Waals surface area contributed by atoms with Gasteiger partial charge in [-0.25, -0.2) is 4.98 Å². The van der Waals surface area contributed by atoms with Crippen LogP contribution >= 0.6 is 0 Å². The molecule has 0 spiro atoms. The number of pyridine rings is 1. The van der Waals surface area contributed by atoms with Crippen molar-refractivity contribution in [2.45, 2.75) is 63.7 Å². The number of nitrogens with zero attached hydrogens (tertiary/aromatic N) is 1. The van der Waals surface area contributed by atoms with E-state index in [9.17, 15) is 4.79 Å². The fourth-order valence-electron chi connectivity index (χ4n) is 4.98.